The molecule has 5 nitrogen and oxygen atoms in total. The molecule has 3 atom stereocenters. The summed E-state index contributed by atoms with van der Waals surface area (Å²) in [6.45, 7) is 3.87. The first-order chi connectivity index (χ1) is 11.4. The highest BCUT2D eigenvalue weighted by molar-refractivity contribution is 7.59. The van der Waals surface area contributed by atoms with Crippen LogP contribution in [0.15, 0.2) is 30.3 Å². The van der Waals surface area contributed by atoms with Crippen LogP contribution in [-0.2, 0) is 20.3 Å². The molecular formula is C18H30NO4P. The van der Waals surface area contributed by atoms with Gasteiger partial charge in [0.15, 0.2) is 0 Å². The molecule has 1 aromatic rings. The van der Waals surface area contributed by atoms with Gasteiger partial charge in [0.2, 0.25) is 7.37 Å². The van der Waals surface area contributed by atoms with Gasteiger partial charge >= 0.3 is 5.97 Å². The van der Waals surface area contributed by atoms with Crippen molar-refractivity contribution < 1.29 is 19.0 Å². The molecular weight excluding hydrogens is 325 g/mol. The summed E-state index contributed by atoms with van der Waals surface area (Å²) in [4.78, 5) is 11.5. The van der Waals surface area contributed by atoms with Crippen LogP contribution in [0.4, 0.5) is 0 Å². The van der Waals surface area contributed by atoms with E-state index in [-0.39, 0.29) is 6.16 Å². The second-order valence-corrected chi connectivity index (χ2v) is 8.84. The topological polar surface area (TPSA) is 89.6 Å². The lowest BCUT2D eigenvalue weighted by molar-refractivity contribution is -0.141. The zero-order valence-electron chi connectivity index (χ0n) is 14.7. The quantitative estimate of drug-likeness (QED) is 0.435. The van der Waals surface area contributed by atoms with Gasteiger partial charge in [0.1, 0.15) is 6.23 Å². The minimum absolute atomic E-state index is 0.0584. The monoisotopic (exact) mass is 355 g/mol. The molecule has 0 saturated heterocycles. The van der Waals surface area contributed by atoms with Gasteiger partial charge in [-0.05, 0) is 24.8 Å². The van der Waals surface area contributed by atoms with Gasteiger partial charge in [-0.25, -0.2) is 0 Å². The lowest BCUT2D eigenvalue weighted by Crippen LogP contribution is -2.26. The van der Waals surface area contributed by atoms with Crippen LogP contribution in [0.25, 0.3) is 0 Å². The minimum Gasteiger partial charge on any atom is -0.481 e. The van der Waals surface area contributed by atoms with Crippen molar-refractivity contribution in [2.75, 3.05) is 12.3 Å². The Kier molecular flexibility index (Phi) is 9.27. The molecule has 1 aromatic carbocycles. The fourth-order valence-corrected chi connectivity index (χ4v) is 5.16. The third-order valence-electron chi connectivity index (χ3n) is 4.07. The zero-order chi connectivity index (χ0) is 18.0. The molecule has 3 N–H and O–H groups in total. The molecule has 0 aliphatic carbocycles. The Morgan fingerprint density at radius 3 is 2.50 bits per heavy atom. The Hall–Kier alpha value is -1.16. The van der Waals surface area contributed by atoms with Crippen molar-refractivity contribution in [3.8, 4) is 0 Å². The number of aryl methyl sites for hydroxylation is 1. The van der Waals surface area contributed by atoms with Gasteiger partial charge in [-0.2, -0.15) is 0 Å². The molecule has 0 saturated carbocycles. The van der Waals surface area contributed by atoms with E-state index in [2.05, 4.69) is 0 Å². The summed E-state index contributed by atoms with van der Waals surface area (Å²) in [6.07, 6.45) is 3.13. The summed E-state index contributed by atoms with van der Waals surface area (Å²) in [6, 6.07) is 9.73. The fourth-order valence-electron chi connectivity index (χ4n) is 2.53. The van der Waals surface area contributed by atoms with Gasteiger partial charge in [-0.3, -0.25) is 9.36 Å². The average Bonchev–Trinajstić information content (AvgIpc) is 2.57. The molecule has 0 aromatic heterocycles. The number of rotatable bonds is 12. The number of benzene rings is 1. The van der Waals surface area contributed by atoms with E-state index in [0.717, 1.165) is 18.4 Å². The summed E-state index contributed by atoms with van der Waals surface area (Å²) in [5, 5.41) is 9.43. The summed E-state index contributed by atoms with van der Waals surface area (Å²) >= 11 is 0. The Morgan fingerprint density at radius 2 is 1.96 bits per heavy atom. The molecule has 3 unspecified atom stereocenters. The van der Waals surface area contributed by atoms with Gasteiger partial charge in [-0.1, -0.05) is 57.0 Å². The number of nitrogens with two attached hydrogens (primary N) is 1. The number of carboxylic acid groups (broad SMARTS) is 1. The average molecular weight is 355 g/mol. The van der Waals surface area contributed by atoms with Crippen LogP contribution in [0.2, 0.25) is 0 Å². The molecule has 0 bridgehead atoms. The van der Waals surface area contributed by atoms with E-state index in [1.165, 1.54) is 0 Å². The van der Waals surface area contributed by atoms with E-state index in [0.29, 0.717) is 25.4 Å². The molecule has 0 aliphatic heterocycles. The highest BCUT2D eigenvalue weighted by atomic mass is 31.2. The molecule has 136 valence electrons. The summed E-state index contributed by atoms with van der Waals surface area (Å²) in [5.41, 5.74) is 6.90. The molecule has 0 amide bonds. The maximum Gasteiger partial charge on any atom is 0.307 e. The first-order valence-electron chi connectivity index (χ1n) is 8.69. The van der Waals surface area contributed by atoms with Crippen LogP contribution in [-0.4, -0.2) is 29.6 Å². The van der Waals surface area contributed by atoms with E-state index in [1.54, 1.807) is 0 Å². The second-order valence-electron chi connectivity index (χ2n) is 6.19. The van der Waals surface area contributed by atoms with Crippen molar-refractivity contribution in [2.24, 2.45) is 11.7 Å². The van der Waals surface area contributed by atoms with Crippen molar-refractivity contribution in [1.82, 2.24) is 0 Å². The molecule has 6 heteroatoms. The molecule has 1 rings (SSSR count). The third kappa shape index (κ3) is 7.61. The molecule has 24 heavy (non-hydrogen) atoms. The third-order valence-corrected chi connectivity index (χ3v) is 6.62. The molecule has 0 spiro atoms. The normalized spacial score (nSPS) is 16.3. The van der Waals surface area contributed by atoms with E-state index in [9.17, 15) is 14.5 Å². The number of aliphatic carboxylic acids is 1. The van der Waals surface area contributed by atoms with Crippen LogP contribution in [0, 0.1) is 5.92 Å². The van der Waals surface area contributed by atoms with Crippen molar-refractivity contribution in [3.63, 3.8) is 0 Å². The van der Waals surface area contributed by atoms with Crippen LogP contribution in [0.5, 0.6) is 0 Å². The van der Waals surface area contributed by atoms with Crippen LogP contribution >= 0.6 is 7.37 Å². The number of hydrogen-bond acceptors (Lipinski definition) is 4. The summed E-state index contributed by atoms with van der Waals surface area (Å²) in [7, 11) is -3.11. The summed E-state index contributed by atoms with van der Waals surface area (Å²) in [5.74, 6) is -1.55. The van der Waals surface area contributed by atoms with E-state index in [1.807, 2.05) is 44.2 Å². The van der Waals surface area contributed by atoms with Crippen molar-refractivity contribution in [1.29, 1.82) is 0 Å². The summed E-state index contributed by atoms with van der Waals surface area (Å²) < 4.78 is 18.9. The maximum absolute atomic E-state index is 13.3. The highest BCUT2D eigenvalue weighted by Gasteiger charge is 2.32. The van der Waals surface area contributed by atoms with Crippen molar-refractivity contribution >= 4 is 13.3 Å². The van der Waals surface area contributed by atoms with Gasteiger partial charge in [0.25, 0.3) is 0 Å². The lowest BCUT2D eigenvalue weighted by atomic mass is 10.1. The fraction of sp³-hybridized carbons (Fsp3) is 0.611. The number of carbonyl (C=O) groups is 1. The molecule has 0 fully saturated rings. The highest BCUT2D eigenvalue weighted by Crippen LogP contribution is 2.50. The standard InChI is InChI=1S/C18H30NO4P/c1-3-5-11-16(18(20)21)14-24(22,23-17(19)4-2)13-12-15-9-7-6-8-10-15/h6-10,16-17H,3-5,11-14,19H2,1-2H3,(H,20,21). The Balaban J connectivity index is 2.83. The number of carboxylic acids is 1. The van der Waals surface area contributed by atoms with E-state index < -0.39 is 25.5 Å². The SMILES string of the molecule is CCCCC(CP(=O)(CCc1ccccc1)OC(N)CC)C(=O)O. The molecule has 0 radical (unpaired) electrons. The van der Waals surface area contributed by atoms with Crippen LogP contribution in [0.1, 0.15) is 45.1 Å². The van der Waals surface area contributed by atoms with Gasteiger partial charge in [0.05, 0.1) is 5.92 Å². The predicted molar refractivity (Wildman–Crippen MR) is 97.5 cm³/mol. The number of hydrogen-bond donors (Lipinski definition) is 2. The predicted octanol–water partition coefficient (Wildman–Crippen LogP) is 4.11. The smallest absolute Gasteiger partial charge is 0.307 e. The maximum atomic E-state index is 13.3. The lowest BCUT2D eigenvalue weighted by Gasteiger charge is -2.25. The van der Waals surface area contributed by atoms with Gasteiger partial charge < -0.3 is 15.4 Å². The Bertz CT molecular complexity index is 535. The Morgan fingerprint density at radius 1 is 1.29 bits per heavy atom. The van der Waals surface area contributed by atoms with E-state index >= 15 is 0 Å². The van der Waals surface area contributed by atoms with Crippen LogP contribution in [0.3, 0.4) is 0 Å². The zero-order valence-corrected chi connectivity index (χ0v) is 15.6. The Labute approximate surface area is 145 Å². The first kappa shape index (κ1) is 20.9. The molecule has 0 heterocycles. The van der Waals surface area contributed by atoms with Crippen molar-refractivity contribution in [3.05, 3.63) is 35.9 Å². The van der Waals surface area contributed by atoms with Gasteiger partial charge in [0, 0.05) is 12.3 Å². The largest absolute Gasteiger partial charge is 0.481 e. The van der Waals surface area contributed by atoms with Gasteiger partial charge in [-0.15, -0.1) is 0 Å². The van der Waals surface area contributed by atoms with Crippen molar-refractivity contribution in [2.45, 2.75) is 52.2 Å². The minimum atomic E-state index is -3.11. The van der Waals surface area contributed by atoms with E-state index in [4.69, 9.17) is 10.3 Å². The first-order valence-corrected chi connectivity index (χ1v) is 10.7. The van der Waals surface area contributed by atoms with Crippen LogP contribution < -0.4 is 5.73 Å². The second kappa shape index (κ2) is 10.7. The molecule has 0 aliphatic rings. The number of unbranched alkanes of at least 4 members (excludes halogenated alkanes) is 1.